The standard InChI is InChI=1S/C12H16BrFN2/c13-12-4-1-9(14)5-8(12)7-16-11-3-2-10(15)6-11/h1,4-5,10-11,16H,2-3,6-7,15H2. The summed E-state index contributed by atoms with van der Waals surface area (Å²) in [6, 6.07) is 5.57. The third-order valence-corrected chi connectivity index (χ3v) is 3.84. The molecule has 2 unspecified atom stereocenters. The maximum Gasteiger partial charge on any atom is 0.123 e. The number of halogens is 2. The van der Waals surface area contributed by atoms with Crippen LogP contribution in [0.3, 0.4) is 0 Å². The Bertz CT molecular complexity index is 370. The van der Waals surface area contributed by atoms with E-state index in [0.29, 0.717) is 18.6 Å². The van der Waals surface area contributed by atoms with Crippen LogP contribution < -0.4 is 11.1 Å². The van der Waals surface area contributed by atoms with E-state index in [4.69, 9.17) is 5.73 Å². The van der Waals surface area contributed by atoms with Crippen molar-refractivity contribution in [3.8, 4) is 0 Å². The Morgan fingerprint density at radius 1 is 1.44 bits per heavy atom. The van der Waals surface area contributed by atoms with Crippen molar-refractivity contribution in [3.05, 3.63) is 34.1 Å². The van der Waals surface area contributed by atoms with Crippen molar-refractivity contribution < 1.29 is 4.39 Å². The predicted molar refractivity (Wildman–Crippen MR) is 66.6 cm³/mol. The normalized spacial score (nSPS) is 24.9. The first kappa shape index (κ1) is 12.0. The van der Waals surface area contributed by atoms with Gasteiger partial charge in [-0.15, -0.1) is 0 Å². The molecular formula is C12H16BrFN2. The molecule has 88 valence electrons. The van der Waals surface area contributed by atoms with Crippen LogP contribution in [-0.4, -0.2) is 12.1 Å². The van der Waals surface area contributed by atoms with E-state index in [0.717, 1.165) is 29.3 Å². The van der Waals surface area contributed by atoms with E-state index in [1.54, 1.807) is 12.1 Å². The average molecular weight is 287 g/mol. The minimum Gasteiger partial charge on any atom is -0.328 e. The quantitative estimate of drug-likeness (QED) is 0.896. The molecule has 1 aliphatic rings. The van der Waals surface area contributed by atoms with Gasteiger partial charge in [-0.3, -0.25) is 0 Å². The highest BCUT2D eigenvalue weighted by molar-refractivity contribution is 9.10. The lowest BCUT2D eigenvalue weighted by Gasteiger charge is -2.13. The molecule has 0 aromatic heterocycles. The van der Waals surface area contributed by atoms with Crippen molar-refractivity contribution in [3.63, 3.8) is 0 Å². The fourth-order valence-electron chi connectivity index (χ4n) is 2.13. The molecule has 1 aliphatic carbocycles. The summed E-state index contributed by atoms with van der Waals surface area (Å²) < 4.78 is 14.0. The Hall–Kier alpha value is -0.450. The number of hydrogen-bond acceptors (Lipinski definition) is 2. The van der Waals surface area contributed by atoms with Gasteiger partial charge >= 0.3 is 0 Å². The molecule has 1 fully saturated rings. The number of rotatable bonds is 3. The molecule has 0 bridgehead atoms. The molecule has 16 heavy (non-hydrogen) atoms. The van der Waals surface area contributed by atoms with Crippen LogP contribution in [0.4, 0.5) is 4.39 Å². The minimum absolute atomic E-state index is 0.192. The number of nitrogens with one attached hydrogen (secondary N) is 1. The first-order valence-electron chi connectivity index (χ1n) is 5.58. The minimum atomic E-state index is -0.192. The molecule has 0 aliphatic heterocycles. The zero-order valence-electron chi connectivity index (χ0n) is 9.05. The first-order valence-corrected chi connectivity index (χ1v) is 6.37. The van der Waals surface area contributed by atoms with E-state index in [9.17, 15) is 4.39 Å². The molecule has 1 saturated carbocycles. The van der Waals surface area contributed by atoms with Crippen molar-refractivity contribution in [2.45, 2.75) is 37.9 Å². The lowest BCUT2D eigenvalue weighted by molar-refractivity contribution is 0.514. The van der Waals surface area contributed by atoms with E-state index in [1.165, 1.54) is 6.07 Å². The number of benzene rings is 1. The lowest BCUT2D eigenvalue weighted by Crippen LogP contribution is -2.28. The largest absolute Gasteiger partial charge is 0.328 e. The van der Waals surface area contributed by atoms with Gasteiger partial charge in [0.05, 0.1) is 0 Å². The summed E-state index contributed by atoms with van der Waals surface area (Å²) in [4.78, 5) is 0. The molecule has 1 aromatic rings. The fourth-order valence-corrected chi connectivity index (χ4v) is 2.52. The third-order valence-electron chi connectivity index (χ3n) is 3.06. The van der Waals surface area contributed by atoms with Crippen LogP contribution in [0.15, 0.2) is 22.7 Å². The monoisotopic (exact) mass is 286 g/mol. The molecule has 3 N–H and O–H groups in total. The Labute approximate surface area is 104 Å². The highest BCUT2D eigenvalue weighted by Crippen LogP contribution is 2.20. The topological polar surface area (TPSA) is 38.0 Å². The zero-order valence-corrected chi connectivity index (χ0v) is 10.6. The zero-order chi connectivity index (χ0) is 11.5. The van der Waals surface area contributed by atoms with Gasteiger partial charge in [-0.05, 0) is 43.0 Å². The van der Waals surface area contributed by atoms with Crippen molar-refractivity contribution in [2.24, 2.45) is 5.73 Å². The van der Waals surface area contributed by atoms with Crippen molar-refractivity contribution in [2.75, 3.05) is 0 Å². The van der Waals surface area contributed by atoms with Gasteiger partial charge in [0.1, 0.15) is 5.82 Å². The molecule has 0 heterocycles. The highest BCUT2D eigenvalue weighted by atomic mass is 79.9. The molecule has 2 nitrogen and oxygen atoms in total. The Kier molecular flexibility index (Phi) is 3.95. The SMILES string of the molecule is NC1CCC(NCc2cc(F)ccc2Br)C1. The van der Waals surface area contributed by atoms with Crippen LogP contribution in [0.1, 0.15) is 24.8 Å². The van der Waals surface area contributed by atoms with Gasteiger partial charge in [-0.25, -0.2) is 4.39 Å². The van der Waals surface area contributed by atoms with Gasteiger partial charge in [0.2, 0.25) is 0 Å². The molecule has 0 saturated heterocycles. The summed E-state index contributed by atoms with van der Waals surface area (Å²) in [6.45, 7) is 0.690. The summed E-state index contributed by atoms with van der Waals surface area (Å²) in [5.74, 6) is -0.192. The van der Waals surface area contributed by atoms with Crippen molar-refractivity contribution in [1.29, 1.82) is 0 Å². The van der Waals surface area contributed by atoms with E-state index < -0.39 is 0 Å². The second-order valence-electron chi connectivity index (χ2n) is 4.39. The summed E-state index contributed by atoms with van der Waals surface area (Å²) in [6.07, 6.45) is 3.23. The lowest BCUT2D eigenvalue weighted by atomic mass is 10.2. The Morgan fingerprint density at radius 3 is 2.94 bits per heavy atom. The van der Waals surface area contributed by atoms with Gasteiger partial charge in [0.15, 0.2) is 0 Å². The van der Waals surface area contributed by atoms with Crippen LogP contribution in [0, 0.1) is 5.82 Å². The van der Waals surface area contributed by atoms with Crippen LogP contribution in [-0.2, 0) is 6.54 Å². The summed E-state index contributed by atoms with van der Waals surface area (Å²) in [5, 5.41) is 3.42. The highest BCUT2D eigenvalue weighted by Gasteiger charge is 2.21. The van der Waals surface area contributed by atoms with Gasteiger partial charge in [0.25, 0.3) is 0 Å². The molecule has 1 aromatic carbocycles. The molecule has 0 amide bonds. The van der Waals surface area contributed by atoms with Gasteiger partial charge < -0.3 is 11.1 Å². The van der Waals surface area contributed by atoms with Crippen molar-refractivity contribution in [1.82, 2.24) is 5.32 Å². The molecule has 2 rings (SSSR count). The third kappa shape index (κ3) is 3.03. The van der Waals surface area contributed by atoms with Gasteiger partial charge in [-0.1, -0.05) is 15.9 Å². The van der Waals surface area contributed by atoms with Gasteiger partial charge in [0, 0.05) is 23.1 Å². The van der Waals surface area contributed by atoms with E-state index >= 15 is 0 Å². The van der Waals surface area contributed by atoms with Crippen LogP contribution in [0.2, 0.25) is 0 Å². The Balaban J connectivity index is 1.91. The van der Waals surface area contributed by atoms with E-state index in [-0.39, 0.29) is 5.82 Å². The summed E-state index contributed by atoms with van der Waals surface area (Å²) in [5.41, 5.74) is 6.80. The molecule has 2 atom stereocenters. The Morgan fingerprint density at radius 2 is 2.25 bits per heavy atom. The number of hydrogen-bond donors (Lipinski definition) is 2. The first-order chi connectivity index (χ1) is 7.65. The number of nitrogens with two attached hydrogens (primary N) is 1. The second-order valence-corrected chi connectivity index (χ2v) is 5.24. The molecule has 0 spiro atoms. The van der Waals surface area contributed by atoms with Crippen LogP contribution >= 0.6 is 15.9 Å². The predicted octanol–water partition coefficient (Wildman–Crippen LogP) is 2.56. The van der Waals surface area contributed by atoms with E-state index in [1.807, 2.05) is 0 Å². The maximum absolute atomic E-state index is 13.0. The van der Waals surface area contributed by atoms with Crippen LogP contribution in [0.25, 0.3) is 0 Å². The maximum atomic E-state index is 13.0. The summed E-state index contributed by atoms with van der Waals surface area (Å²) >= 11 is 3.42. The fraction of sp³-hybridized carbons (Fsp3) is 0.500. The molecule has 0 radical (unpaired) electrons. The molecule has 4 heteroatoms. The van der Waals surface area contributed by atoms with Crippen LogP contribution in [0.5, 0.6) is 0 Å². The smallest absolute Gasteiger partial charge is 0.123 e. The average Bonchev–Trinajstić information content (AvgIpc) is 2.66. The van der Waals surface area contributed by atoms with Gasteiger partial charge in [-0.2, -0.15) is 0 Å². The van der Waals surface area contributed by atoms with Crippen molar-refractivity contribution >= 4 is 15.9 Å². The summed E-state index contributed by atoms with van der Waals surface area (Å²) in [7, 11) is 0. The second kappa shape index (κ2) is 5.25. The van der Waals surface area contributed by atoms with E-state index in [2.05, 4.69) is 21.2 Å². The molecular weight excluding hydrogens is 271 g/mol.